The van der Waals surface area contributed by atoms with Crippen LogP contribution >= 0.6 is 23.2 Å². The molecule has 1 saturated carbocycles. The quantitative estimate of drug-likeness (QED) is 0.282. The van der Waals surface area contributed by atoms with Crippen LogP contribution < -0.4 is 4.90 Å². The van der Waals surface area contributed by atoms with Crippen molar-refractivity contribution in [2.75, 3.05) is 18.0 Å². The Morgan fingerprint density at radius 1 is 1.05 bits per heavy atom. The van der Waals surface area contributed by atoms with Crippen LogP contribution in [-0.2, 0) is 6.61 Å². The highest BCUT2D eigenvalue weighted by Gasteiger charge is 2.44. The Hall–Kier alpha value is -2.93. The standard InChI is InChI=1S/C30H28Cl2N4O2/c1-17-2-3-19(16-37)27-21(17)6-7-24(34-27)36-10-8-30(9-11-36)12-20(13-30)25-28(35-38-29(25)18-4-5-18)26-22(31)14-33-15-23(26)32/h2-3,6-7,12,14-15,18,37H,4-5,8-11,13,16H2,1H3. The number of pyridine rings is 2. The minimum Gasteiger partial charge on any atom is -0.392 e. The number of hydrogen-bond donors (Lipinski definition) is 1. The summed E-state index contributed by atoms with van der Waals surface area (Å²) in [6.45, 7) is 3.96. The summed E-state index contributed by atoms with van der Waals surface area (Å²) in [5.41, 5.74) is 6.93. The molecule has 1 saturated heterocycles. The fourth-order valence-electron chi connectivity index (χ4n) is 6.14. The van der Waals surface area contributed by atoms with E-state index in [1.54, 1.807) is 12.4 Å². The van der Waals surface area contributed by atoms with Crippen LogP contribution in [-0.4, -0.2) is 33.3 Å². The second-order valence-corrected chi connectivity index (χ2v) is 11.8. The fourth-order valence-corrected chi connectivity index (χ4v) is 6.68. The maximum Gasteiger partial charge on any atom is 0.147 e. The van der Waals surface area contributed by atoms with Gasteiger partial charge in [-0.2, -0.15) is 0 Å². The molecule has 4 heterocycles. The summed E-state index contributed by atoms with van der Waals surface area (Å²) in [6.07, 6.45) is 11.0. The van der Waals surface area contributed by atoms with Crippen LogP contribution in [0, 0.1) is 12.3 Å². The highest BCUT2D eigenvalue weighted by molar-refractivity contribution is 6.39. The van der Waals surface area contributed by atoms with Gasteiger partial charge in [0.2, 0.25) is 0 Å². The van der Waals surface area contributed by atoms with Gasteiger partial charge in [0.25, 0.3) is 0 Å². The molecule has 3 aromatic heterocycles. The Bertz CT molecular complexity index is 1580. The molecule has 7 rings (SSSR count). The summed E-state index contributed by atoms with van der Waals surface area (Å²) in [4.78, 5) is 11.5. The van der Waals surface area contributed by atoms with E-state index in [4.69, 9.17) is 32.7 Å². The van der Waals surface area contributed by atoms with E-state index in [1.165, 1.54) is 11.1 Å². The number of rotatable bonds is 5. The van der Waals surface area contributed by atoms with Crippen LogP contribution in [0.15, 0.2) is 47.3 Å². The number of aliphatic hydroxyl groups excluding tert-OH is 1. The number of aromatic nitrogens is 3. The highest BCUT2D eigenvalue weighted by Crippen LogP contribution is 2.56. The topological polar surface area (TPSA) is 75.3 Å². The van der Waals surface area contributed by atoms with Gasteiger partial charge >= 0.3 is 0 Å². The van der Waals surface area contributed by atoms with Crippen molar-refractivity contribution in [3.8, 4) is 11.3 Å². The number of aryl methyl sites for hydroxylation is 1. The number of fused-ring (bicyclic) bond motifs is 1. The number of hydrogen-bond acceptors (Lipinski definition) is 6. The molecule has 1 spiro atoms. The normalized spacial score (nSPS) is 18.6. The van der Waals surface area contributed by atoms with Gasteiger partial charge < -0.3 is 14.5 Å². The molecule has 0 radical (unpaired) electrons. The van der Waals surface area contributed by atoms with E-state index in [-0.39, 0.29) is 12.0 Å². The third-order valence-corrected chi connectivity index (χ3v) is 9.07. The first-order valence-corrected chi connectivity index (χ1v) is 14.0. The van der Waals surface area contributed by atoms with Crippen molar-refractivity contribution < 1.29 is 9.63 Å². The molecule has 6 nitrogen and oxygen atoms in total. The third kappa shape index (κ3) is 3.93. The van der Waals surface area contributed by atoms with E-state index >= 15 is 0 Å². The lowest BCUT2D eigenvalue weighted by Gasteiger charge is -2.46. The molecule has 38 heavy (non-hydrogen) atoms. The summed E-state index contributed by atoms with van der Waals surface area (Å²) < 4.78 is 5.89. The van der Waals surface area contributed by atoms with Gasteiger partial charge in [0.15, 0.2) is 0 Å². The van der Waals surface area contributed by atoms with E-state index < -0.39 is 0 Å². The molecule has 0 unspecified atom stereocenters. The van der Waals surface area contributed by atoms with E-state index in [0.29, 0.717) is 21.5 Å². The van der Waals surface area contributed by atoms with Crippen LogP contribution in [0.4, 0.5) is 5.82 Å². The largest absolute Gasteiger partial charge is 0.392 e. The van der Waals surface area contributed by atoms with Crippen molar-refractivity contribution in [1.82, 2.24) is 15.1 Å². The summed E-state index contributed by atoms with van der Waals surface area (Å²) in [7, 11) is 0. The maximum atomic E-state index is 9.83. The second kappa shape index (κ2) is 9.08. The number of nitrogens with zero attached hydrogens (tertiary/aromatic N) is 4. The van der Waals surface area contributed by atoms with Gasteiger partial charge in [-0.1, -0.05) is 46.6 Å². The first-order valence-electron chi connectivity index (χ1n) is 13.2. The predicted molar refractivity (Wildman–Crippen MR) is 151 cm³/mol. The smallest absolute Gasteiger partial charge is 0.147 e. The molecule has 2 fully saturated rings. The minimum absolute atomic E-state index is 0.00641. The molecule has 1 aliphatic heterocycles. The Kier molecular flexibility index (Phi) is 5.76. The zero-order chi connectivity index (χ0) is 26.0. The number of halogens is 2. The fraction of sp³-hybridized carbons (Fsp3) is 0.367. The number of allylic oxidation sites excluding steroid dienone is 2. The zero-order valence-electron chi connectivity index (χ0n) is 21.2. The summed E-state index contributed by atoms with van der Waals surface area (Å²) >= 11 is 13.0. The van der Waals surface area contributed by atoms with Crippen LogP contribution in [0.5, 0.6) is 0 Å². The number of piperidine rings is 1. The van der Waals surface area contributed by atoms with Gasteiger partial charge in [0.05, 0.1) is 22.2 Å². The SMILES string of the molecule is Cc1ccc(CO)c2nc(N3CCC4(C=C(c5c(-c6c(Cl)cncc6Cl)noc5C5CC5)C4)CC3)ccc12. The van der Waals surface area contributed by atoms with Gasteiger partial charge in [-0.3, -0.25) is 4.98 Å². The van der Waals surface area contributed by atoms with Crippen molar-refractivity contribution in [2.45, 2.75) is 51.6 Å². The van der Waals surface area contributed by atoms with E-state index in [1.807, 2.05) is 12.1 Å². The van der Waals surface area contributed by atoms with Gasteiger partial charge in [0.1, 0.15) is 17.3 Å². The predicted octanol–water partition coefficient (Wildman–Crippen LogP) is 7.34. The van der Waals surface area contributed by atoms with Crippen LogP contribution in [0.2, 0.25) is 10.0 Å². The van der Waals surface area contributed by atoms with Crippen molar-refractivity contribution >= 4 is 45.5 Å². The van der Waals surface area contributed by atoms with Crippen LogP contribution in [0.1, 0.15) is 60.5 Å². The molecule has 8 heteroatoms. The van der Waals surface area contributed by atoms with Crippen molar-refractivity contribution in [3.05, 3.63) is 75.2 Å². The first kappa shape index (κ1) is 24.1. The Morgan fingerprint density at radius 2 is 1.79 bits per heavy atom. The molecule has 0 amide bonds. The Balaban J connectivity index is 1.15. The molecule has 0 atom stereocenters. The Labute approximate surface area is 231 Å². The van der Waals surface area contributed by atoms with Crippen LogP contribution in [0.25, 0.3) is 27.7 Å². The molecule has 1 aromatic carbocycles. The second-order valence-electron chi connectivity index (χ2n) is 11.0. The minimum atomic E-state index is -0.00641. The van der Waals surface area contributed by atoms with E-state index in [9.17, 15) is 5.11 Å². The average molecular weight is 547 g/mol. The van der Waals surface area contributed by atoms with Gasteiger partial charge in [-0.15, -0.1) is 0 Å². The molecule has 2 aliphatic carbocycles. The third-order valence-electron chi connectivity index (χ3n) is 8.50. The van der Waals surface area contributed by atoms with Crippen molar-refractivity contribution in [1.29, 1.82) is 0 Å². The van der Waals surface area contributed by atoms with E-state index in [2.05, 4.69) is 40.2 Å². The lowest BCUT2D eigenvalue weighted by Crippen LogP contribution is -2.42. The maximum absolute atomic E-state index is 9.83. The van der Waals surface area contributed by atoms with Gasteiger partial charge in [0, 0.05) is 53.5 Å². The first-order chi connectivity index (χ1) is 18.5. The van der Waals surface area contributed by atoms with Crippen molar-refractivity contribution in [3.63, 3.8) is 0 Å². The van der Waals surface area contributed by atoms with Crippen LogP contribution in [0.3, 0.4) is 0 Å². The molecular formula is C30H28Cl2N4O2. The average Bonchev–Trinajstić information content (AvgIpc) is 3.67. The van der Waals surface area contributed by atoms with Crippen molar-refractivity contribution in [2.24, 2.45) is 5.41 Å². The summed E-state index contributed by atoms with van der Waals surface area (Å²) in [5.74, 6) is 2.38. The zero-order valence-corrected chi connectivity index (χ0v) is 22.7. The molecule has 0 bridgehead atoms. The molecule has 194 valence electrons. The lowest BCUT2D eigenvalue weighted by atomic mass is 9.63. The molecule has 4 aromatic rings. The summed E-state index contributed by atoms with van der Waals surface area (Å²) in [6, 6.07) is 8.28. The van der Waals surface area contributed by atoms with Gasteiger partial charge in [-0.25, -0.2) is 4.98 Å². The summed E-state index contributed by atoms with van der Waals surface area (Å²) in [5, 5.41) is 16.4. The molecule has 1 N–H and O–H groups in total. The highest BCUT2D eigenvalue weighted by atomic mass is 35.5. The van der Waals surface area contributed by atoms with E-state index in [0.717, 1.165) is 84.5 Å². The van der Waals surface area contributed by atoms with Gasteiger partial charge in [-0.05, 0) is 67.7 Å². The number of benzene rings is 1. The molecular weight excluding hydrogens is 519 g/mol. The lowest BCUT2D eigenvalue weighted by molar-refractivity contribution is 0.277. The number of aliphatic hydroxyl groups is 1. The monoisotopic (exact) mass is 546 g/mol. The number of anilines is 1. The molecule has 3 aliphatic rings. The Morgan fingerprint density at radius 3 is 2.47 bits per heavy atom.